The van der Waals surface area contributed by atoms with Gasteiger partial charge in [-0.3, -0.25) is 0 Å². The highest BCUT2D eigenvalue weighted by molar-refractivity contribution is 7.89. The van der Waals surface area contributed by atoms with Gasteiger partial charge in [0.1, 0.15) is 6.23 Å². The van der Waals surface area contributed by atoms with Gasteiger partial charge in [0.05, 0.1) is 4.90 Å². The first-order valence-corrected chi connectivity index (χ1v) is 6.88. The minimum absolute atomic E-state index is 0.286. The zero-order valence-corrected chi connectivity index (χ0v) is 10.4. The average molecular weight is 253 g/mol. The molecule has 5 heteroatoms. The Hall–Kier alpha value is -1.33. The maximum absolute atomic E-state index is 12.4. The third-order valence-electron chi connectivity index (χ3n) is 2.71. The van der Waals surface area contributed by atoms with E-state index in [1.807, 2.05) is 6.08 Å². The third-order valence-corrected chi connectivity index (χ3v) is 4.49. The van der Waals surface area contributed by atoms with Gasteiger partial charge in [0.25, 0.3) is 10.0 Å². The molecule has 4 nitrogen and oxygen atoms in total. The van der Waals surface area contributed by atoms with Gasteiger partial charge in [-0.15, -0.1) is 0 Å². The summed E-state index contributed by atoms with van der Waals surface area (Å²) in [6.07, 6.45) is 4.53. The van der Waals surface area contributed by atoms with E-state index in [4.69, 9.17) is 4.74 Å². The summed E-state index contributed by atoms with van der Waals surface area (Å²) in [5.41, 5.74) is 0. The van der Waals surface area contributed by atoms with Gasteiger partial charge >= 0.3 is 0 Å². The molecule has 0 amide bonds. The predicted molar refractivity (Wildman–Crippen MR) is 64.6 cm³/mol. The molecule has 1 heterocycles. The summed E-state index contributed by atoms with van der Waals surface area (Å²) < 4.78 is 31.2. The highest BCUT2D eigenvalue weighted by Gasteiger charge is 2.29. The molecule has 0 aliphatic carbocycles. The number of methoxy groups -OCH3 is 1. The van der Waals surface area contributed by atoms with Crippen LogP contribution >= 0.6 is 0 Å². The van der Waals surface area contributed by atoms with Crippen LogP contribution in [-0.2, 0) is 14.8 Å². The Balaban J connectivity index is 2.38. The summed E-state index contributed by atoms with van der Waals surface area (Å²) in [4.78, 5) is 0.286. The summed E-state index contributed by atoms with van der Waals surface area (Å²) >= 11 is 0. The quantitative estimate of drug-likeness (QED) is 0.827. The summed E-state index contributed by atoms with van der Waals surface area (Å²) in [7, 11) is -1.98. The third kappa shape index (κ3) is 2.35. The minimum Gasteiger partial charge on any atom is -0.361 e. The van der Waals surface area contributed by atoms with Crippen molar-refractivity contribution in [3.8, 4) is 0 Å². The van der Waals surface area contributed by atoms with E-state index < -0.39 is 16.3 Å². The van der Waals surface area contributed by atoms with Crippen LogP contribution in [0.1, 0.15) is 12.8 Å². The van der Waals surface area contributed by atoms with Gasteiger partial charge in [-0.25, -0.2) is 12.7 Å². The van der Waals surface area contributed by atoms with Crippen molar-refractivity contribution in [1.29, 1.82) is 0 Å². The number of allylic oxidation sites excluding steroid dienone is 1. The lowest BCUT2D eigenvalue weighted by molar-refractivity contribution is 0.0255. The highest BCUT2D eigenvalue weighted by atomic mass is 32.2. The van der Waals surface area contributed by atoms with Crippen molar-refractivity contribution in [3.05, 3.63) is 42.6 Å². The summed E-state index contributed by atoms with van der Waals surface area (Å²) in [6.45, 7) is 0. The van der Waals surface area contributed by atoms with Crippen LogP contribution in [0.2, 0.25) is 0 Å². The van der Waals surface area contributed by atoms with Gasteiger partial charge in [-0.1, -0.05) is 24.3 Å². The number of ether oxygens (including phenoxy) is 1. The lowest BCUT2D eigenvalue weighted by atomic mass is 10.2. The Kier molecular flexibility index (Phi) is 3.49. The van der Waals surface area contributed by atoms with Crippen LogP contribution in [0.15, 0.2) is 47.5 Å². The molecule has 0 aromatic heterocycles. The molecule has 0 saturated carbocycles. The van der Waals surface area contributed by atoms with E-state index >= 15 is 0 Å². The fraction of sp³-hybridized carbons (Fsp3) is 0.333. The van der Waals surface area contributed by atoms with Crippen molar-refractivity contribution < 1.29 is 13.2 Å². The topological polar surface area (TPSA) is 46.6 Å². The van der Waals surface area contributed by atoms with Crippen LogP contribution in [0.4, 0.5) is 0 Å². The molecule has 1 unspecified atom stereocenters. The van der Waals surface area contributed by atoms with E-state index in [1.54, 1.807) is 36.5 Å². The normalized spacial score (nSPS) is 20.5. The number of rotatable bonds is 3. The zero-order chi connectivity index (χ0) is 12.3. The standard InChI is InChI=1S/C12H15NO3S/c1-16-12-9-5-6-10-13(12)17(14,15)11-7-3-2-4-8-11/h2-4,6-8,10,12H,5,9H2,1H3. The lowest BCUT2D eigenvalue weighted by Crippen LogP contribution is -2.38. The van der Waals surface area contributed by atoms with Gasteiger partial charge in [0.15, 0.2) is 0 Å². The summed E-state index contributed by atoms with van der Waals surface area (Å²) in [6, 6.07) is 8.39. The number of nitrogens with zero attached hydrogens (tertiary/aromatic N) is 1. The molecule has 0 fully saturated rings. The van der Waals surface area contributed by atoms with Crippen LogP contribution in [0.3, 0.4) is 0 Å². The molecule has 1 aliphatic heterocycles. The molecule has 1 aromatic rings. The molecule has 1 aromatic carbocycles. The average Bonchev–Trinajstić information content (AvgIpc) is 2.39. The smallest absolute Gasteiger partial charge is 0.265 e. The van der Waals surface area contributed by atoms with Gasteiger partial charge in [0, 0.05) is 13.3 Å². The molecule has 0 spiro atoms. The number of sulfonamides is 1. The van der Waals surface area contributed by atoms with Crippen LogP contribution < -0.4 is 0 Å². The first-order valence-electron chi connectivity index (χ1n) is 5.44. The largest absolute Gasteiger partial charge is 0.361 e. The van der Waals surface area contributed by atoms with Crippen LogP contribution in [0.5, 0.6) is 0 Å². The second-order valence-electron chi connectivity index (χ2n) is 3.80. The molecule has 2 rings (SSSR count). The number of hydrogen-bond donors (Lipinski definition) is 0. The Labute approximate surface area is 102 Å². The minimum atomic E-state index is -3.50. The first-order chi connectivity index (χ1) is 8.16. The van der Waals surface area contributed by atoms with Crippen LogP contribution in [0.25, 0.3) is 0 Å². The molecule has 1 atom stereocenters. The monoisotopic (exact) mass is 253 g/mol. The summed E-state index contributed by atoms with van der Waals surface area (Å²) in [5.74, 6) is 0. The van der Waals surface area contributed by atoms with E-state index in [0.717, 1.165) is 6.42 Å². The molecule has 17 heavy (non-hydrogen) atoms. The fourth-order valence-corrected chi connectivity index (χ4v) is 3.30. The van der Waals surface area contributed by atoms with Gasteiger partial charge < -0.3 is 4.74 Å². The number of benzene rings is 1. The molecule has 0 bridgehead atoms. The fourth-order valence-electron chi connectivity index (χ4n) is 1.81. The Morgan fingerprint density at radius 2 is 2.00 bits per heavy atom. The van der Waals surface area contributed by atoms with Crippen LogP contribution in [-0.4, -0.2) is 26.1 Å². The maximum Gasteiger partial charge on any atom is 0.265 e. The first kappa shape index (κ1) is 12.1. The lowest BCUT2D eigenvalue weighted by Gasteiger charge is -2.31. The van der Waals surface area contributed by atoms with Gasteiger partial charge in [0.2, 0.25) is 0 Å². The Bertz CT molecular complexity index is 496. The van der Waals surface area contributed by atoms with E-state index in [0.29, 0.717) is 6.42 Å². The molecule has 1 aliphatic rings. The van der Waals surface area contributed by atoms with Gasteiger partial charge in [-0.05, 0) is 25.0 Å². The van der Waals surface area contributed by atoms with E-state index in [9.17, 15) is 8.42 Å². The van der Waals surface area contributed by atoms with Crippen molar-refractivity contribution >= 4 is 10.0 Å². The predicted octanol–water partition coefficient (Wildman–Crippen LogP) is 1.96. The molecular weight excluding hydrogens is 238 g/mol. The number of hydrogen-bond acceptors (Lipinski definition) is 3. The van der Waals surface area contributed by atoms with Crippen molar-refractivity contribution in [2.24, 2.45) is 0 Å². The van der Waals surface area contributed by atoms with Crippen molar-refractivity contribution in [1.82, 2.24) is 4.31 Å². The zero-order valence-electron chi connectivity index (χ0n) is 9.61. The second kappa shape index (κ2) is 4.89. The highest BCUT2D eigenvalue weighted by Crippen LogP contribution is 2.24. The van der Waals surface area contributed by atoms with E-state index in [2.05, 4.69) is 0 Å². The molecule has 0 radical (unpaired) electrons. The SMILES string of the molecule is COC1CCC=CN1S(=O)(=O)c1ccccc1. The second-order valence-corrected chi connectivity index (χ2v) is 5.64. The van der Waals surface area contributed by atoms with Crippen LogP contribution in [0, 0.1) is 0 Å². The molecule has 0 N–H and O–H groups in total. The molecular formula is C12H15NO3S. The molecule has 0 saturated heterocycles. The maximum atomic E-state index is 12.4. The summed E-state index contributed by atoms with van der Waals surface area (Å²) in [5, 5.41) is 0. The van der Waals surface area contributed by atoms with E-state index in [-0.39, 0.29) is 4.90 Å². The molecule has 92 valence electrons. The Morgan fingerprint density at radius 1 is 1.29 bits per heavy atom. The Morgan fingerprint density at radius 3 is 2.65 bits per heavy atom. The van der Waals surface area contributed by atoms with Gasteiger partial charge in [-0.2, -0.15) is 0 Å². The van der Waals surface area contributed by atoms with Crippen molar-refractivity contribution in [3.63, 3.8) is 0 Å². The van der Waals surface area contributed by atoms with E-state index in [1.165, 1.54) is 11.4 Å². The van der Waals surface area contributed by atoms with Crippen molar-refractivity contribution in [2.75, 3.05) is 7.11 Å². The van der Waals surface area contributed by atoms with Crippen molar-refractivity contribution in [2.45, 2.75) is 24.0 Å².